The van der Waals surface area contributed by atoms with Crippen LogP contribution in [0.2, 0.25) is 0 Å². The molecule has 0 aromatic carbocycles. The maximum absolute atomic E-state index is 4.66. The number of pyridine rings is 1. The van der Waals surface area contributed by atoms with Gasteiger partial charge in [0.2, 0.25) is 0 Å². The molecule has 0 saturated heterocycles. The molecular weight excluding hydrogens is 224 g/mol. The van der Waals surface area contributed by atoms with E-state index in [2.05, 4.69) is 35.4 Å². The third kappa shape index (κ3) is 2.12. The van der Waals surface area contributed by atoms with Crippen molar-refractivity contribution in [3.63, 3.8) is 0 Å². The zero-order valence-electron chi connectivity index (χ0n) is 11.1. The number of aromatic nitrogens is 3. The normalized spacial score (nSPS) is 24.6. The first-order valence-electron chi connectivity index (χ1n) is 6.76. The second-order valence-electron chi connectivity index (χ2n) is 5.32. The van der Waals surface area contributed by atoms with Crippen molar-refractivity contribution in [1.29, 1.82) is 0 Å². The summed E-state index contributed by atoms with van der Waals surface area (Å²) < 4.78 is 1.91. The van der Waals surface area contributed by atoms with Gasteiger partial charge in [-0.1, -0.05) is 6.07 Å². The molecule has 1 N–H and O–H groups in total. The SMILES string of the molecule is CNC1CCC(c2nc3ccc(C)cn3n2)CC1. The van der Waals surface area contributed by atoms with Crippen LogP contribution in [0.3, 0.4) is 0 Å². The lowest BCUT2D eigenvalue weighted by atomic mass is 9.86. The summed E-state index contributed by atoms with van der Waals surface area (Å²) in [6, 6.07) is 4.82. The van der Waals surface area contributed by atoms with Crippen LogP contribution in [0.5, 0.6) is 0 Å². The van der Waals surface area contributed by atoms with Crippen molar-refractivity contribution in [2.45, 2.75) is 44.6 Å². The summed E-state index contributed by atoms with van der Waals surface area (Å²) in [7, 11) is 2.05. The molecule has 3 rings (SSSR count). The van der Waals surface area contributed by atoms with Crippen LogP contribution in [0.4, 0.5) is 0 Å². The predicted molar refractivity (Wildman–Crippen MR) is 71.8 cm³/mol. The lowest BCUT2D eigenvalue weighted by Gasteiger charge is -2.26. The Bertz CT molecular complexity index is 538. The summed E-state index contributed by atoms with van der Waals surface area (Å²) >= 11 is 0. The first kappa shape index (κ1) is 11.7. The van der Waals surface area contributed by atoms with Gasteiger partial charge < -0.3 is 5.32 Å². The third-order valence-electron chi connectivity index (χ3n) is 4.00. The molecule has 4 heteroatoms. The molecule has 0 aliphatic heterocycles. The Balaban J connectivity index is 1.82. The number of hydrogen-bond donors (Lipinski definition) is 1. The van der Waals surface area contributed by atoms with E-state index in [9.17, 15) is 0 Å². The molecule has 2 heterocycles. The molecule has 4 nitrogen and oxygen atoms in total. The average Bonchev–Trinajstić information content (AvgIpc) is 2.81. The molecule has 96 valence electrons. The highest BCUT2D eigenvalue weighted by molar-refractivity contribution is 5.38. The van der Waals surface area contributed by atoms with Crippen molar-refractivity contribution in [1.82, 2.24) is 19.9 Å². The fourth-order valence-corrected chi connectivity index (χ4v) is 2.82. The molecule has 2 aromatic heterocycles. The molecule has 1 aliphatic rings. The fraction of sp³-hybridized carbons (Fsp3) is 0.571. The molecule has 0 amide bonds. The van der Waals surface area contributed by atoms with E-state index in [-0.39, 0.29) is 0 Å². The van der Waals surface area contributed by atoms with Crippen molar-refractivity contribution in [2.24, 2.45) is 0 Å². The minimum atomic E-state index is 0.537. The topological polar surface area (TPSA) is 42.2 Å². The Hall–Kier alpha value is -1.42. The van der Waals surface area contributed by atoms with E-state index in [1.165, 1.54) is 31.2 Å². The zero-order chi connectivity index (χ0) is 12.5. The molecule has 1 saturated carbocycles. The van der Waals surface area contributed by atoms with Gasteiger partial charge in [0.25, 0.3) is 0 Å². The van der Waals surface area contributed by atoms with E-state index in [0.29, 0.717) is 12.0 Å². The zero-order valence-corrected chi connectivity index (χ0v) is 11.1. The van der Waals surface area contributed by atoms with Gasteiger partial charge >= 0.3 is 0 Å². The van der Waals surface area contributed by atoms with Gasteiger partial charge in [0.1, 0.15) is 0 Å². The standard InChI is InChI=1S/C14H20N4/c1-10-3-8-13-16-14(17-18(13)9-10)11-4-6-12(15-2)7-5-11/h3,8-9,11-12,15H,4-7H2,1-2H3. The molecule has 18 heavy (non-hydrogen) atoms. The van der Waals surface area contributed by atoms with Gasteiger partial charge in [-0.3, -0.25) is 0 Å². The Morgan fingerprint density at radius 2 is 2.00 bits per heavy atom. The lowest BCUT2D eigenvalue weighted by Crippen LogP contribution is -2.29. The Morgan fingerprint density at radius 3 is 2.72 bits per heavy atom. The predicted octanol–water partition coefficient (Wildman–Crippen LogP) is 2.28. The molecular formula is C14H20N4. The summed E-state index contributed by atoms with van der Waals surface area (Å²) in [5.74, 6) is 1.56. The number of fused-ring (bicyclic) bond motifs is 1. The molecule has 0 spiro atoms. The van der Waals surface area contributed by atoms with E-state index in [1.807, 2.05) is 16.8 Å². The summed E-state index contributed by atoms with van der Waals surface area (Å²) in [6.07, 6.45) is 6.90. The van der Waals surface area contributed by atoms with Crippen LogP contribution in [-0.4, -0.2) is 27.7 Å². The average molecular weight is 244 g/mol. The molecule has 1 aliphatic carbocycles. The van der Waals surface area contributed by atoms with Gasteiger partial charge in [-0.05, 0) is 51.3 Å². The van der Waals surface area contributed by atoms with Crippen molar-refractivity contribution in [3.8, 4) is 0 Å². The summed E-state index contributed by atoms with van der Waals surface area (Å²) in [5, 5.41) is 8.00. The van der Waals surface area contributed by atoms with Gasteiger partial charge in [0.05, 0.1) is 0 Å². The van der Waals surface area contributed by atoms with Crippen molar-refractivity contribution in [2.75, 3.05) is 7.05 Å². The van der Waals surface area contributed by atoms with E-state index >= 15 is 0 Å². The van der Waals surface area contributed by atoms with E-state index in [4.69, 9.17) is 0 Å². The molecule has 2 aromatic rings. The van der Waals surface area contributed by atoms with Crippen LogP contribution in [-0.2, 0) is 0 Å². The fourth-order valence-electron chi connectivity index (χ4n) is 2.82. The van der Waals surface area contributed by atoms with Crippen LogP contribution in [0.25, 0.3) is 5.65 Å². The van der Waals surface area contributed by atoms with Crippen LogP contribution in [0, 0.1) is 6.92 Å². The minimum Gasteiger partial charge on any atom is -0.317 e. The van der Waals surface area contributed by atoms with Crippen molar-refractivity contribution < 1.29 is 0 Å². The summed E-state index contributed by atoms with van der Waals surface area (Å²) in [6.45, 7) is 2.08. The number of hydrogen-bond acceptors (Lipinski definition) is 3. The first-order chi connectivity index (χ1) is 8.76. The summed E-state index contributed by atoms with van der Waals surface area (Å²) in [4.78, 5) is 4.66. The van der Waals surface area contributed by atoms with Crippen LogP contribution in [0.1, 0.15) is 43.0 Å². The highest BCUT2D eigenvalue weighted by Crippen LogP contribution is 2.31. The molecule has 0 radical (unpaired) electrons. The number of nitrogens with zero attached hydrogens (tertiary/aromatic N) is 3. The smallest absolute Gasteiger partial charge is 0.155 e. The van der Waals surface area contributed by atoms with Gasteiger partial charge in [0.15, 0.2) is 11.5 Å². The highest BCUT2D eigenvalue weighted by atomic mass is 15.3. The molecule has 0 bridgehead atoms. The van der Waals surface area contributed by atoms with Gasteiger partial charge in [-0.25, -0.2) is 9.50 Å². The first-order valence-corrected chi connectivity index (χ1v) is 6.76. The van der Waals surface area contributed by atoms with Crippen LogP contribution >= 0.6 is 0 Å². The largest absolute Gasteiger partial charge is 0.317 e. The van der Waals surface area contributed by atoms with Crippen LogP contribution in [0.15, 0.2) is 18.3 Å². The van der Waals surface area contributed by atoms with Gasteiger partial charge in [0, 0.05) is 18.2 Å². The van der Waals surface area contributed by atoms with E-state index < -0.39 is 0 Å². The van der Waals surface area contributed by atoms with Crippen LogP contribution < -0.4 is 5.32 Å². The summed E-state index contributed by atoms with van der Waals surface area (Å²) in [5.41, 5.74) is 2.18. The highest BCUT2D eigenvalue weighted by Gasteiger charge is 2.24. The Labute approximate surface area is 107 Å². The molecule has 1 fully saturated rings. The monoisotopic (exact) mass is 244 g/mol. The van der Waals surface area contributed by atoms with E-state index in [0.717, 1.165) is 11.5 Å². The number of nitrogens with one attached hydrogen (secondary N) is 1. The maximum Gasteiger partial charge on any atom is 0.155 e. The molecule has 0 unspecified atom stereocenters. The Morgan fingerprint density at radius 1 is 1.22 bits per heavy atom. The number of rotatable bonds is 2. The van der Waals surface area contributed by atoms with Crippen molar-refractivity contribution >= 4 is 5.65 Å². The van der Waals surface area contributed by atoms with E-state index in [1.54, 1.807) is 0 Å². The second-order valence-corrected chi connectivity index (χ2v) is 5.32. The number of aryl methyl sites for hydroxylation is 1. The second kappa shape index (κ2) is 4.69. The third-order valence-corrected chi connectivity index (χ3v) is 4.00. The van der Waals surface area contributed by atoms with Gasteiger partial charge in [-0.2, -0.15) is 5.10 Å². The maximum atomic E-state index is 4.66. The Kier molecular flexibility index (Phi) is 3.04. The van der Waals surface area contributed by atoms with Crippen molar-refractivity contribution in [3.05, 3.63) is 29.7 Å². The quantitative estimate of drug-likeness (QED) is 0.881. The molecule has 0 atom stereocenters. The lowest BCUT2D eigenvalue weighted by molar-refractivity contribution is 0.351. The van der Waals surface area contributed by atoms with Gasteiger partial charge in [-0.15, -0.1) is 0 Å². The minimum absolute atomic E-state index is 0.537.